The highest BCUT2D eigenvalue weighted by atomic mass is 35.5. The standard InChI is InChI=1S/C10H13ClN2O2.ClH/c1-2-15-10(14)5-9(12)7-3-4-13-6-8(7)11;/h3-4,6,9H,2,5,12H2,1H3;1H/t9-;/m1./s1. The summed E-state index contributed by atoms with van der Waals surface area (Å²) in [5.41, 5.74) is 6.52. The van der Waals surface area contributed by atoms with Gasteiger partial charge < -0.3 is 10.5 Å². The van der Waals surface area contributed by atoms with Crippen LogP contribution in [0.1, 0.15) is 24.9 Å². The molecule has 4 nitrogen and oxygen atoms in total. The molecule has 16 heavy (non-hydrogen) atoms. The largest absolute Gasteiger partial charge is 0.466 e. The monoisotopic (exact) mass is 264 g/mol. The number of hydrogen-bond acceptors (Lipinski definition) is 4. The first kappa shape index (κ1) is 15.2. The van der Waals surface area contributed by atoms with Crippen molar-refractivity contribution in [3.05, 3.63) is 29.0 Å². The minimum Gasteiger partial charge on any atom is -0.466 e. The summed E-state index contributed by atoms with van der Waals surface area (Å²) in [6.45, 7) is 2.11. The van der Waals surface area contributed by atoms with Gasteiger partial charge in [0.1, 0.15) is 0 Å². The van der Waals surface area contributed by atoms with Gasteiger partial charge in [-0.05, 0) is 18.6 Å². The Balaban J connectivity index is 0.00000225. The molecule has 0 aliphatic heterocycles. The summed E-state index contributed by atoms with van der Waals surface area (Å²) in [4.78, 5) is 15.0. The van der Waals surface area contributed by atoms with Crippen molar-refractivity contribution in [3.63, 3.8) is 0 Å². The van der Waals surface area contributed by atoms with E-state index < -0.39 is 6.04 Å². The molecule has 0 saturated heterocycles. The molecular weight excluding hydrogens is 251 g/mol. The topological polar surface area (TPSA) is 65.2 Å². The fourth-order valence-electron chi connectivity index (χ4n) is 1.20. The molecule has 0 aliphatic rings. The number of nitrogens with two attached hydrogens (primary N) is 1. The van der Waals surface area contributed by atoms with Crippen LogP contribution in [0.4, 0.5) is 0 Å². The van der Waals surface area contributed by atoms with Crippen LogP contribution in [0.15, 0.2) is 18.5 Å². The van der Waals surface area contributed by atoms with Crippen LogP contribution >= 0.6 is 24.0 Å². The van der Waals surface area contributed by atoms with Crippen LogP contribution in [0.2, 0.25) is 5.02 Å². The van der Waals surface area contributed by atoms with Crippen LogP contribution in [0, 0.1) is 0 Å². The van der Waals surface area contributed by atoms with Gasteiger partial charge in [-0.3, -0.25) is 9.78 Å². The molecule has 0 spiro atoms. The quantitative estimate of drug-likeness (QED) is 0.847. The van der Waals surface area contributed by atoms with Crippen molar-refractivity contribution in [3.8, 4) is 0 Å². The summed E-state index contributed by atoms with van der Waals surface area (Å²) in [6.07, 6.45) is 3.21. The van der Waals surface area contributed by atoms with E-state index >= 15 is 0 Å². The molecule has 0 aliphatic carbocycles. The minimum atomic E-state index is -0.445. The SMILES string of the molecule is CCOC(=O)C[C@@H](N)c1ccncc1Cl.Cl. The first-order chi connectivity index (χ1) is 7.15. The molecule has 0 bridgehead atoms. The summed E-state index contributed by atoms with van der Waals surface area (Å²) in [5.74, 6) is -0.321. The second-order valence-electron chi connectivity index (χ2n) is 3.01. The molecule has 90 valence electrons. The first-order valence-corrected chi connectivity index (χ1v) is 5.03. The normalized spacial score (nSPS) is 11.4. The average molecular weight is 265 g/mol. The molecule has 0 saturated carbocycles. The van der Waals surface area contributed by atoms with Crippen LogP contribution in [0.3, 0.4) is 0 Å². The van der Waals surface area contributed by atoms with Crippen LogP contribution in [0.5, 0.6) is 0 Å². The van der Waals surface area contributed by atoms with Gasteiger partial charge in [-0.2, -0.15) is 0 Å². The fraction of sp³-hybridized carbons (Fsp3) is 0.400. The highest BCUT2D eigenvalue weighted by Crippen LogP contribution is 2.22. The number of nitrogens with zero attached hydrogens (tertiary/aromatic N) is 1. The number of hydrogen-bond donors (Lipinski definition) is 1. The van der Waals surface area contributed by atoms with E-state index in [0.717, 1.165) is 0 Å². The van der Waals surface area contributed by atoms with E-state index in [4.69, 9.17) is 22.1 Å². The molecule has 2 N–H and O–H groups in total. The Labute approximate surface area is 106 Å². The smallest absolute Gasteiger partial charge is 0.307 e. The van der Waals surface area contributed by atoms with E-state index in [-0.39, 0.29) is 24.8 Å². The molecule has 0 unspecified atom stereocenters. The first-order valence-electron chi connectivity index (χ1n) is 4.65. The molecule has 1 heterocycles. The second-order valence-corrected chi connectivity index (χ2v) is 3.42. The molecule has 0 amide bonds. The van der Waals surface area contributed by atoms with Crippen molar-refractivity contribution in [1.29, 1.82) is 0 Å². The zero-order valence-corrected chi connectivity index (χ0v) is 10.4. The third kappa shape index (κ3) is 4.35. The molecule has 0 fully saturated rings. The molecule has 0 radical (unpaired) electrons. The van der Waals surface area contributed by atoms with Crippen molar-refractivity contribution in [2.45, 2.75) is 19.4 Å². The van der Waals surface area contributed by atoms with E-state index in [1.165, 1.54) is 6.20 Å². The van der Waals surface area contributed by atoms with Crippen LogP contribution < -0.4 is 5.73 Å². The zero-order chi connectivity index (χ0) is 11.3. The number of esters is 1. The number of carbonyl (C=O) groups excluding carboxylic acids is 1. The Morgan fingerprint density at radius 2 is 2.38 bits per heavy atom. The van der Waals surface area contributed by atoms with Gasteiger partial charge in [-0.15, -0.1) is 12.4 Å². The maximum atomic E-state index is 11.2. The number of rotatable bonds is 4. The van der Waals surface area contributed by atoms with Crippen molar-refractivity contribution >= 4 is 30.0 Å². The van der Waals surface area contributed by atoms with Crippen molar-refractivity contribution < 1.29 is 9.53 Å². The molecular formula is C10H14Cl2N2O2. The third-order valence-electron chi connectivity index (χ3n) is 1.90. The van der Waals surface area contributed by atoms with Gasteiger partial charge in [-0.25, -0.2) is 0 Å². The van der Waals surface area contributed by atoms with Crippen molar-refractivity contribution in [2.24, 2.45) is 5.73 Å². The number of pyridine rings is 1. The van der Waals surface area contributed by atoms with Gasteiger partial charge in [-0.1, -0.05) is 11.6 Å². The Morgan fingerprint density at radius 1 is 1.69 bits per heavy atom. The summed E-state index contributed by atoms with van der Waals surface area (Å²) in [7, 11) is 0. The Kier molecular flexibility index (Phi) is 7.05. The van der Waals surface area contributed by atoms with Crippen LogP contribution in [-0.4, -0.2) is 17.6 Å². The molecule has 1 atom stereocenters. The number of halogens is 2. The lowest BCUT2D eigenvalue weighted by atomic mass is 10.1. The summed E-state index contributed by atoms with van der Waals surface area (Å²) in [5, 5.41) is 0.467. The van der Waals surface area contributed by atoms with Gasteiger partial charge in [0.2, 0.25) is 0 Å². The van der Waals surface area contributed by atoms with E-state index in [0.29, 0.717) is 17.2 Å². The number of ether oxygens (including phenoxy) is 1. The molecule has 1 aromatic rings. The maximum absolute atomic E-state index is 11.2. The fourth-order valence-corrected chi connectivity index (χ4v) is 1.46. The highest BCUT2D eigenvalue weighted by molar-refractivity contribution is 6.31. The second kappa shape index (κ2) is 7.44. The van der Waals surface area contributed by atoms with Crippen LogP contribution in [-0.2, 0) is 9.53 Å². The predicted molar refractivity (Wildman–Crippen MR) is 64.7 cm³/mol. The molecule has 0 aromatic carbocycles. The van der Waals surface area contributed by atoms with E-state index in [1.807, 2.05) is 0 Å². The zero-order valence-electron chi connectivity index (χ0n) is 8.85. The molecule has 6 heteroatoms. The third-order valence-corrected chi connectivity index (χ3v) is 2.21. The Hall–Kier alpha value is -0.840. The van der Waals surface area contributed by atoms with E-state index in [9.17, 15) is 4.79 Å². The van der Waals surface area contributed by atoms with Crippen molar-refractivity contribution in [1.82, 2.24) is 4.98 Å². The molecule has 1 rings (SSSR count). The van der Waals surface area contributed by atoms with E-state index in [2.05, 4.69) is 4.98 Å². The van der Waals surface area contributed by atoms with Gasteiger partial charge in [0.25, 0.3) is 0 Å². The summed E-state index contributed by atoms with van der Waals surface area (Å²) in [6, 6.07) is 1.26. The molecule has 1 aromatic heterocycles. The minimum absolute atomic E-state index is 0. The highest BCUT2D eigenvalue weighted by Gasteiger charge is 2.14. The Bertz CT molecular complexity index is 347. The van der Waals surface area contributed by atoms with Gasteiger partial charge in [0.15, 0.2) is 0 Å². The number of carbonyl (C=O) groups is 1. The van der Waals surface area contributed by atoms with Gasteiger partial charge in [0, 0.05) is 18.4 Å². The lowest BCUT2D eigenvalue weighted by molar-refractivity contribution is -0.143. The van der Waals surface area contributed by atoms with Crippen LogP contribution in [0.25, 0.3) is 0 Å². The lowest BCUT2D eigenvalue weighted by Gasteiger charge is -2.12. The van der Waals surface area contributed by atoms with Crippen molar-refractivity contribution in [2.75, 3.05) is 6.61 Å². The average Bonchev–Trinajstić information content (AvgIpc) is 2.18. The van der Waals surface area contributed by atoms with E-state index in [1.54, 1.807) is 19.2 Å². The van der Waals surface area contributed by atoms with Gasteiger partial charge in [0.05, 0.1) is 18.1 Å². The summed E-state index contributed by atoms with van der Waals surface area (Å²) < 4.78 is 4.80. The predicted octanol–water partition coefficient (Wildman–Crippen LogP) is 2.11. The Morgan fingerprint density at radius 3 is 2.94 bits per heavy atom. The lowest BCUT2D eigenvalue weighted by Crippen LogP contribution is -2.17. The maximum Gasteiger partial charge on any atom is 0.307 e. The number of aromatic nitrogens is 1. The van der Waals surface area contributed by atoms with Gasteiger partial charge >= 0.3 is 5.97 Å². The summed E-state index contributed by atoms with van der Waals surface area (Å²) >= 11 is 5.89.